The molecule has 0 aliphatic carbocycles. The molecule has 13 heteroatoms. The summed E-state index contributed by atoms with van der Waals surface area (Å²) in [5, 5.41) is 16.8. The van der Waals surface area contributed by atoms with Crippen LogP contribution in [0.5, 0.6) is 11.5 Å². The number of benzene rings is 5. The Morgan fingerprint density at radius 2 is 1.56 bits per heavy atom. The number of carboxylic acids is 1. The Kier molecular flexibility index (Phi) is 11.3. The van der Waals surface area contributed by atoms with E-state index >= 15 is 0 Å². The van der Waals surface area contributed by atoms with Crippen LogP contribution in [0.1, 0.15) is 44.3 Å². The number of hydrogen-bond acceptors (Lipinski definition) is 7. The molecule has 0 saturated heterocycles. The minimum atomic E-state index is -1.26. The van der Waals surface area contributed by atoms with Crippen LogP contribution in [-0.4, -0.2) is 50.8 Å². The van der Waals surface area contributed by atoms with E-state index in [2.05, 4.69) is 15.6 Å². The summed E-state index contributed by atoms with van der Waals surface area (Å²) in [6.07, 6.45) is 2.53. The molecule has 0 spiro atoms. The van der Waals surface area contributed by atoms with Crippen molar-refractivity contribution in [1.82, 2.24) is 15.2 Å². The van der Waals surface area contributed by atoms with Gasteiger partial charge in [0.1, 0.15) is 30.2 Å². The number of pyridine rings is 1. The van der Waals surface area contributed by atoms with Gasteiger partial charge in [-0.2, -0.15) is 0 Å². The zero-order chi connectivity index (χ0) is 41.0. The topological polar surface area (TPSA) is 147 Å². The van der Waals surface area contributed by atoms with E-state index in [9.17, 15) is 24.3 Å². The summed E-state index contributed by atoms with van der Waals surface area (Å²) in [6.45, 7) is 0.305. The summed E-state index contributed by atoms with van der Waals surface area (Å²) >= 11 is 12.2. The fourth-order valence-corrected chi connectivity index (χ4v) is 7.54. The van der Waals surface area contributed by atoms with Gasteiger partial charge in [-0.1, -0.05) is 83.9 Å². The van der Waals surface area contributed by atoms with Crippen molar-refractivity contribution in [1.29, 1.82) is 0 Å². The van der Waals surface area contributed by atoms with Crippen molar-refractivity contribution in [2.75, 3.05) is 5.32 Å². The summed E-state index contributed by atoms with van der Waals surface area (Å²) in [4.78, 5) is 59.6. The van der Waals surface area contributed by atoms with Gasteiger partial charge < -0.3 is 30.1 Å². The minimum Gasteiger partial charge on any atom is -0.489 e. The summed E-state index contributed by atoms with van der Waals surface area (Å²) in [5.74, 6) is -1.60. The van der Waals surface area contributed by atoms with Gasteiger partial charge in [0.25, 0.3) is 11.8 Å². The van der Waals surface area contributed by atoms with Crippen LogP contribution in [-0.2, 0) is 40.4 Å². The Balaban J connectivity index is 0.997. The Bertz CT molecular complexity index is 2540. The zero-order valence-electron chi connectivity index (χ0n) is 31.3. The fourth-order valence-electron chi connectivity index (χ4n) is 7.22. The lowest BCUT2D eigenvalue weighted by Crippen LogP contribution is -2.56. The second-order valence-corrected chi connectivity index (χ2v) is 15.1. The number of ether oxygens (including phenoxy) is 2. The highest BCUT2D eigenvalue weighted by Crippen LogP contribution is 2.40. The lowest BCUT2D eigenvalue weighted by atomic mass is 9.91. The number of fused-ring (bicyclic) bond motifs is 2. The first kappa shape index (κ1) is 39.2. The van der Waals surface area contributed by atoms with Crippen LogP contribution < -0.4 is 20.1 Å². The highest BCUT2D eigenvalue weighted by molar-refractivity contribution is 6.42. The van der Waals surface area contributed by atoms with Crippen LogP contribution in [0.2, 0.25) is 10.0 Å². The van der Waals surface area contributed by atoms with Crippen LogP contribution in [0.3, 0.4) is 0 Å². The molecule has 5 aromatic carbocycles. The van der Waals surface area contributed by atoms with Crippen LogP contribution in [0, 0.1) is 0 Å². The average molecular weight is 828 g/mol. The van der Waals surface area contributed by atoms with Crippen LogP contribution in [0.4, 0.5) is 5.69 Å². The van der Waals surface area contributed by atoms with E-state index in [0.29, 0.717) is 49.5 Å². The SMILES string of the molecule is O=C(O)C(Cc1ccc(-c2ccncc2)cc1)NC(=O)C1Cc2cc3c(cc2CN1C(=O)c1ccccc1)OC(c1ccc(OCc2ccc(Cl)c(Cl)c2)cc1)C(=O)N3. The normalized spacial score (nSPS) is 16.1. The van der Waals surface area contributed by atoms with Gasteiger partial charge in [-0.05, 0) is 94.0 Å². The average Bonchev–Trinajstić information content (AvgIpc) is 3.26. The zero-order valence-corrected chi connectivity index (χ0v) is 32.8. The first-order chi connectivity index (χ1) is 28.6. The molecule has 6 aromatic rings. The summed E-state index contributed by atoms with van der Waals surface area (Å²) < 4.78 is 12.2. The summed E-state index contributed by atoms with van der Waals surface area (Å²) in [6, 6.07) is 33.3. The standard InChI is InChI=1S/C46H36Cl2N4O7/c47-36-15-8-28(20-37(36)48)26-58-35-13-11-31(12-14-35)42-44(54)50-38-22-33-23-40(52(25-34(33)24-41(38)59-42)45(55)32-4-2-1-3-5-32)43(53)51-39(46(56)57)21-27-6-9-29(10-7-27)30-16-18-49-19-17-30/h1-20,22,24,39-40,42H,21,23,25-26H2,(H,50,54)(H,51,53)(H,56,57). The molecule has 3 amide bonds. The smallest absolute Gasteiger partial charge is 0.326 e. The maximum atomic E-state index is 14.1. The molecule has 3 atom stereocenters. The first-order valence-corrected chi connectivity index (χ1v) is 19.5. The first-order valence-electron chi connectivity index (χ1n) is 18.8. The number of aromatic nitrogens is 1. The van der Waals surface area contributed by atoms with Gasteiger partial charge in [-0.25, -0.2) is 4.79 Å². The highest BCUT2D eigenvalue weighted by atomic mass is 35.5. The Labute approximate surface area is 349 Å². The number of hydrogen-bond donors (Lipinski definition) is 3. The third-order valence-electron chi connectivity index (χ3n) is 10.4. The van der Waals surface area contributed by atoms with Crippen molar-refractivity contribution < 1.29 is 33.8 Å². The van der Waals surface area contributed by atoms with Crippen LogP contribution in [0.15, 0.2) is 134 Å². The van der Waals surface area contributed by atoms with E-state index in [1.165, 1.54) is 4.90 Å². The molecule has 1 aromatic heterocycles. The van der Waals surface area contributed by atoms with Crippen molar-refractivity contribution in [2.24, 2.45) is 0 Å². The largest absolute Gasteiger partial charge is 0.489 e. The third-order valence-corrected chi connectivity index (χ3v) is 11.1. The molecule has 8 rings (SSSR count). The molecule has 11 nitrogen and oxygen atoms in total. The molecule has 3 N–H and O–H groups in total. The Morgan fingerprint density at radius 3 is 2.27 bits per heavy atom. The molecule has 0 bridgehead atoms. The van der Waals surface area contributed by atoms with Gasteiger partial charge in [0.2, 0.25) is 12.0 Å². The van der Waals surface area contributed by atoms with Crippen molar-refractivity contribution >= 4 is 52.6 Å². The quantitative estimate of drug-likeness (QED) is 0.119. The Hall–Kier alpha value is -6.69. The number of carbonyl (C=O) groups is 4. The summed E-state index contributed by atoms with van der Waals surface area (Å²) in [7, 11) is 0. The molecule has 3 unspecified atom stereocenters. The van der Waals surface area contributed by atoms with E-state index in [1.807, 2.05) is 42.5 Å². The van der Waals surface area contributed by atoms with Crippen molar-refractivity contribution in [3.05, 3.63) is 177 Å². The minimum absolute atomic E-state index is 0.0279. The lowest BCUT2D eigenvalue weighted by molar-refractivity contribution is -0.142. The molecule has 59 heavy (non-hydrogen) atoms. The highest BCUT2D eigenvalue weighted by Gasteiger charge is 2.39. The van der Waals surface area contributed by atoms with Gasteiger partial charge in [0.15, 0.2) is 0 Å². The number of aliphatic carboxylic acids is 1. The van der Waals surface area contributed by atoms with E-state index in [4.69, 9.17) is 32.7 Å². The van der Waals surface area contributed by atoms with E-state index in [0.717, 1.165) is 22.3 Å². The molecule has 296 valence electrons. The molecule has 3 heterocycles. The second kappa shape index (κ2) is 17.0. The van der Waals surface area contributed by atoms with Crippen LogP contribution >= 0.6 is 23.2 Å². The molecular formula is C46H36Cl2N4O7. The Morgan fingerprint density at radius 1 is 0.847 bits per heavy atom. The monoisotopic (exact) mass is 826 g/mol. The van der Waals surface area contributed by atoms with Crippen molar-refractivity contribution in [2.45, 2.75) is 44.2 Å². The molecule has 0 radical (unpaired) electrons. The number of carbonyl (C=O) groups excluding carboxylic acids is 3. The number of nitrogens with zero attached hydrogens (tertiary/aromatic N) is 2. The van der Waals surface area contributed by atoms with Gasteiger partial charge in [0.05, 0.1) is 15.7 Å². The molecule has 2 aliphatic heterocycles. The van der Waals surface area contributed by atoms with Crippen molar-refractivity contribution in [3.63, 3.8) is 0 Å². The van der Waals surface area contributed by atoms with E-state index < -0.39 is 30.1 Å². The lowest BCUT2D eigenvalue weighted by Gasteiger charge is -2.37. The van der Waals surface area contributed by atoms with Gasteiger partial charge in [-0.3, -0.25) is 19.4 Å². The molecular weight excluding hydrogens is 791 g/mol. The predicted molar refractivity (Wildman–Crippen MR) is 222 cm³/mol. The van der Waals surface area contributed by atoms with E-state index in [-0.39, 0.29) is 37.8 Å². The van der Waals surface area contributed by atoms with Gasteiger partial charge >= 0.3 is 5.97 Å². The molecule has 0 saturated carbocycles. The number of halogens is 2. The number of carboxylic acid groups (broad SMARTS) is 1. The van der Waals surface area contributed by atoms with Gasteiger partial charge in [-0.15, -0.1) is 0 Å². The van der Waals surface area contributed by atoms with Crippen molar-refractivity contribution in [3.8, 4) is 22.6 Å². The number of amides is 3. The fraction of sp³-hybridized carbons (Fsp3) is 0.152. The second-order valence-electron chi connectivity index (χ2n) is 14.3. The summed E-state index contributed by atoms with van der Waals surface area (Å²) in [5.41, 5.74) is 6.31. The maximum absolute atomic E-state index is 14.1. The van der Waals surface area contributed by atoms with Crippen LogP contribution in [0.25, 0.3) is 11.1 Å². The predicted octanol–water partition coefficient (Wildman–Crippen LogP) is 8.09. The number of anilines is 1. The number of rotatable bonds is 11. The third kappa shape index (κ3) is 8.76. The van der Waals surface area contributed by atoms with E-state index in [1.54, 1.807) is 91.3 Å². The molecule has 0 fully saturated rings. The maximum Gasteiger partial charge on any atom is 0.326 e. The number of nitrogens with one attached hydrogen (secondary N) is 2. The van der Waals surface area contributed by atoms with Gasteiger partial charge in [0, 0.05) is 42.9 Å². The molecule has 2 aliphatic rings.